The van der Waals surface area contributed by atoms with Crippen molar-refractivity contribution < 1.29 is 110 Å². The average molecular weight is 1490 g/mol. The lowest BCUT2D eigenvalue weighted by Crippen LogP contribution is -2.71. The van der Waals surface area contributed by atoms with Gasteiger partial charge in [0.2, 0.25) is 0 Å². The molecule has 6 N–H and O–H groups in total. The minimum atomic E-state index is -2.20. The zero-order valence-electron chi connectivity index (χ0n) is 62.6. The van der Waals surface area contributed by atoms with E-state index in [1.54, 1.807) is 165 Å². The Balaban J connectivity index is 1.47. The number of alkyl carbamates (subject to hydrolysis) is 5. The SMILES string of the molecule is CC(C)(C)OC(=O)NCC[C@H](OC(=O)c1ccccc1)C(=O)N[C@@H]1C[C@@H](NC(=O)OC(C)(C)C)C(O[C@H]2OC(CNC(=O)OC(C)(C)C)C=CC2NC(=O)OC(C)(C)C)C(N=[N+]=[N-])[C@H]1O[C@H]1OC(COC(=O)c2ccccc2)[C@@H](OC(=O)c2ccccc2)[C@H](NC(=O)OC(C)(C)C)C1OC(=O)c1ccccc1. The zero-order valence-corrected chi connectivity index (χ0v) is 62.6. The number of rotatable bonds is 24. The topological polar surface area (TPSA) is 412 Å². The van der Waals surface area contributed by atoms with Crippen molar-refractivity contribution in [2.24, 2.45) is 5.11 Å². The van der Waals surface area contributed by atoms with Crippen molar-refractivity contribution in [2.45, 2.75) is 230 Å². The van der Waals surface area contributed by atoms with Gasteiger partial charge in [0.05, 0.1) is 65.2 Å². The van der Waals surface area contributed by atoms with E-state index in [1.165, 1.54) is 72.8 Å². The lowest BCUT2D eigenvalue weighted by molar-refractivity contribution is -0.301. The summed E-state index contributed by atoms with van der Waals surface area (Å²) in [5, 5.41) is 20.5. The average Bonchev–Trinajstić information content (AvgIpc) is 0.778. The van der Waals surface area contributed by atoms with Crippen LogP contribution in [0.1, 0.15) is 158 Å². The van der Waals surface area contributed by atoms with E-state index in [1.807, 2.05) is 0 Å². The van der Waals surface area contributed by atoms with Crippen molar-refractivity contribution in [3.63, 3.8) is 0 Å². The number of carbonyl (C=O) groups is 10. The Morgan fingerprint density at radius 1 is 0.477 bits per heavy atom. The number of ether oxygens (including phenoxy) is 13. The Morgan fingerprint density at radius 3 is 1.38 bits per heavy atom. The van der Waals surface area contributed by atoms with Crippen LogP contribution in [0, 0.1) is 0 Å². The summed E-state index contributed by atoms with van der Waals surface area (Å²) < 4.78 is 80.4. The molecule has 6 amide bonds. The first kappa shape index (κ1) is 83.7. The van der Waals surface area contributed by atoms with Crippen LogP contribution in [0.5, 0.6) is 0 Å². The first-order chi connectivity index (χ1) is 50.2. The minimum Gasteiger partial charge on any atom is -0.459 e. The van der Waals surface area contributed by atoms with Crippen molar-refractivity contribution in [1.82, 2.24) is 31.9 Å². The van der Waals surface area contributed by atoms with Crippen LogP contribution in [0.3, 0.4) is 0 Å². The Hall–Kier alpha value is -10.5. The maximum Gasteiger partial charge on any atom is 0.408 e. The molecule has 2 fully saturated rings. The summed E-state index contributed by atoms with van der Waals surface area (Å²) in [6.45, 7) is 22.6. The third-order valence-electron chi connectivity index (χ3n) is 15.3. The van der Waals surface area contributed by atoms with Crippen LogP contribution < -0.4 is 31.9 Å². The van der Waals surface area contributed by atoms with Crippen molar-refractivity contribution in [3.05, 3.63) is 166 Å². The predicted molar refractivity (Wildman–Crippen MR) is 382 cm³/mol. The molecule has 1 aliphatic carbocycles. The molecule has 6 unspecified atom stereocenters. The van der Waals surface area contributed by atoms with E-state index in [-0.39, 0.29) is 35.3 Å². The van der Waals surface area contributed by atoms with Gasteiger partial charge in [0.15, 0.2) is 30.9 Å². The summed E-state index contributed by atoms with van der Waals surface area (Å²) in [4.78, 5) is 146. The number of nitrogens with zero attached hydrogens (tertiary/aromatic N) is 3. The van der Waals surface area contributed by atoms with Crippen LogP contribution in [0.2, 0.25) is 0 Å². The number of hydrogen-bond acceptors (Lipinski definition) is 24. The molecule has 107 heavy (non-hydrogen) atoms. The van der Waals surface area contributed by atoms with Gasteiger partial charge in [-0.25, -0.2) is 43.2 Å². The Bertz CT molecular complexity index is 3780. The Labute approximate surface area is 620 Å². The molecule has 32 heteroatoms. The number of azide groups is 1. The summed E-state index contributed by atoms with van der Waals surface area (Å²) in [7, 11) is 0. The number of carbonyl (C=O) groups excluding carboxylic acids is 10. The second-order valence-electron chi connectivity index (χ2n) is 30.1. The van der Waals surface area contributed by atoms with E-state index in [0.29, 0.717) is 0 Å². The molecule has 4 aromatic rings. The van der Waals surface area contributed by atoms with Crippen molar-refractivity contribution in [1.29, 1.82) is 0 Å². The lowest BCUT2D eigenvalue weighted by Gasteiger charge is -2.50. The smallest absolute Gasteiger partial charge is 0.408 e. The van der Waals surface area contributed by atoms with Gasteiger partial charge < -0.3 is 93.5 Å². The molecule has 580 valence electrons. The van der Waals surface area contributed by atoms with Gasteiger partial charge in [0, 0.05) is 17.9 Å². The number of esters is 4. The fourth-order valence-corrected chi connectivity index (χ4v) is 11.0. The van der Waals surface area contributed by atoms with Crippen molar-refractivity contribution >= 4 is 60.3 Å². The van der Waals surface area contributed by atoms with Crippen LogP contribution >= 0.6 is 0 Å². The monoisotopic (exact) mass is 1490 g/mol. The van der Waals surface area contributed by atoms with E-state index >= 15 is 4.79 Å². The summed E-state index contributed by atoms with van der Waals surface area (Å²) >= 11 is 0. The summed E-state index contributed by atoms with van der Waals surface area (Å²) in [5.41, 5.74) is 5.61. The molecule has 1 saturated heterocycles. The molecule has 0 spiro atoms. The predicted octanol–water partition coefficient (Wildman–Crippen LogP) is 9.98. The molecular weight excluding hydrogens is 1390 g/mol. The molecular formula is C75H97N9O23. The fourth-order valence-electron chi connectivity index (χ4n) is 11.0. The van der Waals surface area contributed by atoms with E-state index in [2.05, 4.69) is 41.9 Å². The highest BCUT2D eigenvalue weighted by Gasteiger charge is 2.57. The van der Waals surface area contributed by atoms with Gasteiger partial charge >= 0.3 is 54.3 Å². The highest BCUT2D eigenvalue weighted by molar-refractivity contribution is 5.93. The van der Waals surface area contributed by atoms with E-state index in [0.717, 1.165) is 0 Å². The molecule has 4 aromatic carbocycles. The first-order valence-corrected chi connectivity index (χ1v) is 34.8. The Kier molecular flexibility index (Phi) is 29.1. The normalized spacial score (nSPS) is 23.2. The van der Waals surface area contributed by atoms with Gasteiger partial charge in [-0.05, 0) is 164 Å². The van der Waals surface area contributed by atoms with E-state index in [4.69, 9.17) is 61.6 Å². The molecule has 0 bridgehead atoms. The van der Waals surface area contributed by atoms with Gasteiger partial charge in [0.25, 0.3) is 5.91 Å². The summed E-state index contributed by atoms with van der Waals surface area (Å²) in [5.74, 6) is -5.13. The van der Waals surface area contributed by atoms with Gasteiger partial charge in [-0.2, -0.15) is 0 Å². The molecule has 0 radical (unpaired) electrons. The molecule has 2 heterocycles. The summed E-state index contributed by atoms with van der Waals surface area (Å²) in [6, 6.07) is 22.0. The second kappa shape index (κ2) is 37.1. The number of nitrogens with one attached hydrogen (secondary N) is 6. The maximum absolute atomic E-state index is 15.6. The van der Waals surface area contributed by atoms with Crippen molar-refractivity contribution in [3.8, 4) is 0 Å². The largest absolute Gasteiger partial charge is 0.459 e. The molecule has 2 aliphatic heterocycles. The number of benzene rings is 4. The van der Waals surface area contributed by atoms with Crippen LogP contribution in [-0.4, -0.2) is 193 Å². The second-order valence-corrected chi connectivity index (χ2v) is 30.1. The van der Waals surface area contributed by atoms with Gasteiger partial charge in [-0.15, -0.1) is 0 Å². The van der Waals surface area contributed by atoms with E-state index < -0.39 is 193 Å². The number of hydrogen-bond donors (Lipinski definition) is 6. The van der Waals surface area contributed by atoms with Crippen LogP contribution in [0.15, 0.2) is 139 Å². The molecule has 14 atom stereocenters. The number of amides is 6. The molecule has 0 aromatic heterocycles. The molecule has 32 nitrogen and oxygen atoms in total. The standard InChI is InChI=1S/C75H97N9O23/c1-71(2,3)103-66(90)77-39-38-51(97-61(87)44-30-22-17-23-31-44)59(85)79-49-40-50(81-69(93)106-74(10,11)12)56(101-64-48(80-68(92)105-73(7,8)9)37-36-47(96-64)41-78-67(91)104-72(4,5)6)54(83-84-76)55(49)102-65-58(100-63(89)46-34-26-19-27-35-46)53(82-70(94)107-75(13,14)15)57(99-62(88)45-32-24-18-25-33-45)52(98-65)42-95-60(86)43-28-20-16-21-29-43/h16-37,47-58,64-65H,38-42H2,1-15H3,(H,77,90)(H,78,91)(H,79,85)(H,80,92)(H,81,93)(H,82,94)/t47?,48?,49-,50-,51+,52?,53+,54?,55+,56?,57-,58?,64-,65-/m1/s1. The van der Waals surface area contributed by atoms with Crippen LogP contribution in [0.4, 0.5) is 24.0 Å². The fraction of sp³-hybridized carbons (Fsp3) is 0.520. The summed E-state index contributed by atoms with van der Waals surface area (Å²) in [6.07, 6.45) is -19.4. The molecule has 3 aliphatic rings. The molecule has 1 saturated carbocycles. The highest BCUT2D eigenvalue weighted by Crippen LogP contribution is 2.37. The van der Waals surface area contributed by atoms with Gasteiger partial charge in [-0.3, -0.25) is 4.79 Å². The Morgan fingerprint density at radius 2 is 0.897 bits per heavy atom. The highest BCUT2D eigenvalue weighted by atomic mass is 16.7. The van der Waals surface area contributed by atoms with E-state index in [9.17, 15) is 48.7 Å². The van der Waals surface area contributed by atoms with Crippen LogP contribution in [-0.2, 0) is 66.4 Å². The van der Waals surface area contributed by atoms with Crippen LogP contribution in [0.25, 0.3) is 10.4 Å². The minimum absolute atomic E-state index is 0.00764. The maximum atomic E-state index is 15.6. The lowest BCUT2D eigenvalue weighted by atomic mass is 9.81. The van der Waals surface area contributed by atoms with Crippen molar-refractivity contribution in [2.75, 3.05) is 19.7 Å². The molecule has 7 rings (SSSR count). The zero-order chi connectivity index (χ0) is 78.6. The van der Waals surface area contributed by atoms with Gasteiger partial charge in [0.1, 0.15) is 52.8 Å². The third-order valence-corrected chi connectivity index (χ3v) is 15.3. The quantitative estimate of drug-likeness (QED) is 0.00948. The third kappa shape index (κ3) is 27.4. The first-order valence-electron chi connectivity index (χ1n) is 34.8. The van der Waals surface area contributed by atoms with Gasteiger partial charge in [-0.1, -0.05) is 90.1 Å².